The Labute approximate surface area is 101 Å². The van der Waals surface area contributed by atoms with Crippen molar-refractivity contribution >= 4 is 21.3 Å². The Kier molecular flexibility index (Phi) is 3.24. The van der Waals surface area contributed by atoms with Crippen molar-refractivity contribution in [1.82, 2.24) is 4.98 Å². The highest BCUT2D eigenvalue weighted by molar-refractivity contribution is 7.91. The number of sulfone groups is 1. The number of nitrogen functional groups attached to an aromatic ring is 1. The Morgan fingerprint density at radius 3 is 2.65 bits per heavy atom. The van der Waals surface area contributed by atoms with Gasteiger partial charge in [-0.1, -0.05) is 0 Å². The molecule has 6 heteroatoms. The van der Waals surface area contributed by atoms with E-state index in [1.165, 1.54) is 0 Å². The number of nitrogens with zero attached hydrogens (tertiary/aromatic N) is 1. The predicted molar refractivity (Wildman–Crippen MR) is 68.7 cm³/mol. The lowest BCUT2D eigenvalue weighted by Crippen LogP contribution is -2.32. The zero-order valence-corrected chi connectivity index (χ0v) is 10.6. The molecule has 0 bridgehead atoms. The minimum atomic E-state index is -2.80. The maximum absolute atomic E-state index is 11.3. The number of hydrogen-bond donors (Lipinski definition) is 2. The highest BCUT2D eigenvalue weighted by Gasteiger charge is 2.23. The minimum Gasteiger partial charge on any atom is -0.397 e. The molecule has 1 saturated heterocycles. The lowest BCUT2D eigenvalue weighted by atomic mass is 10.1. The number of aryl methyl sites for hydroxylation is 1. The molecular formula is C11H17N3O2S. The van der Waals surface area contributed by atoms with Gasteiger partial charge in [0.2, 0.25) is 0 Å². The maximum Gasteiger partial charge on any atom is 0.150 e. The smallest absolute Gasteiger partial charge is 0.150 e. The average molecular weight is 255 g/mol. The first-order valence-electron chi connectivity index (χ1n) is 5.65. The second-order valence-corrected chi connectivity index (χ2v) is 6.80. The SMILES string of the molecule is Cc1cc(NC2CCS(=O)(=O)CC2)ncc1N. The molecule has 5 nitrogen and oxygen atoms in total. The van der Waals surface area contributed by atoms with Gasteiger partial charge in [0.05, 0.1) is 23.4 Å². The third-order valence-corrected chi connectivity index (χ3v) is 4.77. The number of nitrogens with one attached hydrogen (secondary N) is 1. The van der Waals surface area contributed by atoms with Crippen LogP contribution in [0.3, 0.4) is 0 Å². The number of nitrogens with two attached hydrogens (primary N) is 1. The van der Waals surface area contributed by atoms with Crippen LogP contribution in [0.5, 0.6) is 0 Å². The van der Waals surface area contributed by atoms with E-state index in [-0.39, 0.29) is 17.5 Å². The van der Waals surface area contributed by atoms with Gasteiger partial charge >= 0.3 is 0 Å². The van der Waals surface area contributed by atoms with Crippen LogP contribution >= 0.6 is 0 Å². The van der Waals surface area contributed by atoms with Gasteiger partial charge in [0.1, 0.15) is 15.7 Å². The van der Waals surface area contributed by atoms with Crippen molar-refractivity contribution in [2.45, 2.75) is 25.8 Å². The fraction of sp³-hybridized carbons (Fsp3) is 0.545. The summed E-state index contributed by atoms with van der Waals surface area (Å²) in [5.41, 5.74) is 7.33. The van der Waals surface area contributed by atoms with Gasteiger partial charge in [-0.15, -0.1) is 0 Å². The summed E-state index contributed by atoms with van der Waals surface area (Å²) < 4.78 is 22.6. The van der Waals surface area contributed by atoms with Crippen molar-refractivity contribution in [1.29, 1.82) is 0 Å². The molecule has 0 unspecified atom stereocenters. The van der Waals surface area contributed by atoms with Gasteiger partial charge in [0.15, 0.2) is 0 Å². The molecule has 94 valence electrons. The number of pyridine rings is 1. The van der Waals surface area contributed by atoms with Crippen LogP contribution in [0, 0.1) is 6.92 Å². The first-order chi connectivity index (χ1) is 7.96. The standard InChI is InChI=1S/C11H17N3O2S/c1-8-6-11(13-7-10(8)12)14-9-2-4-17(15,16)5-3-9/h6-7,9H,2-5,12H2,1H3,(H,13,14). The van der Waals surface area contributed by atoms with Gasteiger partial charge in [-0.05, 0) is 31.4 Å². The molecule has 0 saturated carbocycles. The van der Waals surface area contributed by atoms with Crippen LogP contribution in [-0.2, 0) is 9.84 Å². The van der Waals surface area contributed by atoms with E-state index in [0.29, 0.717) is 18.5 Å². The van der Waals surface area contributed by atoms with Crippen LogP contribution in [0.2, 0.25) is 0 Å². The molecule has 0 radical (unpaired) electrons. The molecule has 17 heavy (non-hydrogen) atoms. The summed E-state index contributed by atoms with van der Waals surface area (Å²) in [7, 11) is -2.80. The molecule has 2 rings (SSSR count). The van der Waals surface area contributed by atoms with Gasteiger partial charge in [-0.25, -0.2) is 13.4 Å². The van der Waals surface area contributed by atoms with Crippen molar-refractivity contribution in [3.8, 4) is 0 Å². The van der Waals surface area contributed by atoms with Gasteiger partial charge in [-0.3, -0.25) is 0 Å². The second-order valence-electron chi connectivity index (χ2n) is 4.50. The molecule has 1 aromatic rings. The molecule has 0 amide bonds. The second kappa shape index (κ2) is 4.52. The molecule has 1 aliphatic rings. The first kappa shape index (κ1) is 12.2. The van der Waals surface area contributed by atoms with E-state index in [1.54, 1.807) is 6.20 Å². The minimum absolute atomic E-state index is 0.189. The van der Waals surface area contributed by atoms with Gasteiger partial charge < -0.3 is 11.1 Å². The zero-order valence-electron chi connectivity index (χ0n) is 9.81. The Balaban J connectivity index is 2.00. The fourth-order valence-corrected chi connectivity index (χ4v) is 3.38. The average Bonchev–Trinajstić information content (AvgIpc) is 2.27. The molecular weight excluding hydrogens is 238 g/mol. The predicted octanol–water partition coefficient (Wildman–Crippen LogP) is 0.961. The number of rotatable bonds is 2. The third kappa shape index (κ3) is 3.09. The normalized spacial score (nSPS) is 20.1. The van der Waals surface area contributed by atoms with Gasteiger partial charge in [0.25, 0.3) is 0 Å². The van der Waals surface area contributed by atoms with Gasteiger partial charge in [0, 0.05) is 6.04 Å². The van der Waals surface area contributed by atoms with Crippen molar-refractivity contribution < 1.29 is 8.42 Å². The lowest BCUT2D eigenvalue weighted by molar-refractivity contribution is 0.559. The van der Waals surface area contributed by atoms with E-state index >= 15 is 0 Å². The highest BCUT2D eigenvalue weighted by atomic mass is 32.2. The van der Waals surface area contributed by atoms with Crippen LogP contribution in [-0.4, -0.2) is 30.9 Å². The zero-order chi connectivity index (χ0) is 12.5. The molecule has 0 aliphatic carbocycles. The molecule has 0 spiro atoms. The number of aromatic nitrogens is 1. The largest absolute Gasteiger partial charge is 0.397 e. The van der Waals surface area contributed by atoms with Crippen LogP contribution in [0.15, 0.2) is 12.3 Å². The van der Waals surface area contributed by atoms with E-state index in [9.17, 15) is 8.42 Å². The van der Waals surface area contributed by atoms with E-state index in [0.717, 1.165) is 11.4 Å². The van der Waals surface area contributed by atoms with E-state index in [2.05, 4.69) is 10.3 Å². The first-order valence-corrected chi connectivity index (χ1v) is 7.47. The third-order valence-electron chi connectivity index (χ3n) is 3.06. The molecule has 2 heterocycles. The Hall–Kier alpha value is -1.30. The van der Waals surface area contributed by atoms with Gasteiger partial charge in [-0.2, -0.15) is 0 Å². The number of anilines is 2. The topological polar surface area (TPSA) is 85.1 Å². The van der Waals surface area contributed by atoms with E-state index < -0.39 is 9.84 Å². The maximum atomic E-state index is 11.3. The lowest BCUT2D eigenvalue weighted by Gasteiger charge is -2.23. The van der Waals surface area contributed by atoms with Crippen molar-refractivity contribution in [3.63, 3.8) is 0 Å². The fourth-order valence-electron chi connectivity index (χ4n) is 1.89. The van der Waals surface area contributed by atoms with E-state index in [4.69, 9.17) is 5.73 Å². The Bertz CT molecular complexity index is 499. The summed E-state index contributed by atoms with van der Waals surface area (Å²) in [6, 6.07) is 2.08. The summed E-state index contributed by atoms with van der Waals surface area (Å²) in [5.74, 6) is 1.29. The monoisotopic (exact) mass is 255 g/mol. The molecule has 1 fully saturated rings. The number of hydrogen-bond acceptors (Lipinski definition) is 5. The van der Waals surface area contributed by atoms with Crippen molar-refractivity contribution in [3.05, 3.63) is 17.8 Å². The molecule has 1 aliphatic heterocycles. The summed E-state index contributed by atoms with van der Waals surface area (Å²) in [5, 5.41) is 3.26. The van der Waals surface area contributed by atoms with Crippen LogP contribution < -0.4 is 11.1 Å². The molecule has 1 aromatic heterocycles. The van der Waals surface area contributed by atoms with Crippen molar-refractivity contribution in [2.75, 3.05) is 22.6 Å². The summed E-state index contributed by atoms with van der Waals surface area (Å²) in [6.45, 7) is 1.92. The van der Waals surface area contributed by atoms with Crippen molar-refractivity contribution in [2.24, 2.45) is 0 Å². The molecule has 0 aromatic carbocycles. The summed E-state index contributed by atoms with van der Waals surface area (Å²) >= 11 is 0. The van der Waals surface area contributed by atoms with E-state index in [1.807, 2.05) is 13.0 Å². The summed E-state index contributed by atoms with van der Waals surface area (Å²) in [4.78, 5) is 4.18. The molecule has 3 N–H and O–H groups in total. The summed E-state index contributed by atoms with van der Waals surface area (Å²) in [6.07, 6.45) is 2.91. The Morgan fingerprint density at radius 1 is 1.41 bits per heavy atom. The Morgan fingerprint density at radius 2 is 2.06 bits per heavy atom. The quantitative estimate of drug-likeness (QED) is 0.822. The van der Waals surface area contributed by atoms with Crippen LogP contribution in [0.4, 0.5) is 11.5 Å². The molecule has 0 atom stereocenters. The highest BCUT2D eigenvalue weighted by Crippen LogP contribution is 2.18. The van der Waals surface area contributed by atoms with Crippen LogP contribution in [0.25, 0.3) is 0 Å². The van der Waals surface area contributed by atoms with Crippen LogP contribution in [0.1, 0.15) is 18.4 Å².